The molecule has 0 radical (unpaired) electrons. The molecule has 0 aromatic heterocycles. The molecule has 4 rings (SSSR count). The topological polar surface area (TPSA) is 65.1 Å². The van der Waals surface area contributed by atoms with Gasteiger partial charge in [-0.1, -0.05) is 36.4 Å². The zero-order valence-electron chi connectivity index (χ0n) is 16.7. The number of ether oxygens (including phenoxy) is 1. The van der Waals surface area contributed by atoms with Crippen LogP contribution in [0, 0.1) is 0 Å². The maximum Gasteiger partial charge on any atom is 0.238 e. The third-order valence-corrected chi connectivity index (χ3v) is 5.62. The van der Waals surface area contributed by atoms with Gasteiger partial charge in [-0.25, -0.2) is 0 Å². The number of fused-ring (bicyclic) bond motifs is 1. The lowest BCUT2D eigenvalue weighted by atomic mass is 10.1. The normalized spacial score (nSPS) is 18.7. The molecular formula is C22H28N4O3. The summed E-state index contributed by atoms with van der Waals surface area (Å²) in [5, 5.41) is 5.19. The molecule has 2 aromatic rings. The molecule has 0 unspecified atom stereocenters. The lowest BCUT2D eigenvalue weighted by molar-refractivity contribution is -0.135. The zero-order chi connectivity index (χ0) is 20.1. The average Bonchev–Trinajstić information content (AvgIpc) is 2.75. The van der Waals surface area contributed by atoms with Crippen LogP contribution in [0.25, 0.3) is 10.8 Å². The van der Waals surface area contributed by atoms with E-state index in [-0.39, 0.29) is 11.8 Å². The van der Waals surface area contributed by atoms with Crippen LogP contribution >= 0.6 is 0 Å². The van der Waals surface area contributed by atoms with Gasteiger partial charge >= 0.3 is 0 Å². The fourth-order valence-corrected chi connectivity index (χ4v) is 3.93. The number of anilines is 1. The van der Waals surface area contributed by atoms with Crippen LogP contribution in [0.4, 0.5) is 5.69 Å². The zero-order valence-corrected chi connectivity index (χ0v) is 16.7. The Labute approximate surface area is 171 Å². The van der Waals surface area contributed by atoms with E-state index in [9.17, 15) is 9.59 Å². The van der Waals surface area contributed by atoms with E-state index in [1.54, 1.807) is 0 Å². The number of carbonyl (C=O) groups excluding carboxylic acids is 2. The second-order valence-electron chi connectivity index (χ2n) is 7.62. The summed E-state index contributed by atoms with van der Waals surface area (Å²) < 4.78 is 5.33. The van der Waals surface area contributed by atoms with Crippen LogP contribution in [0.5, 0.6) is 0 Å². The lowest BCUT2D eigenvalue weighted by Gasteiger charge is -2.36. The number of amides is 2. The second kappa shape index (κ2) is 9.35. The van der Waals surface area contributed by atoms with Crippen molar-refractivity contribution in [2.24, 2.45) is 0 Å². The number of benzene rings is 2. The van der Waals surface area contributed by atoms with E-state index in [4.69, 9.17) is 4.74 Å². The molecule has 2 aliphatic rings. The Kier molecular flexibility index (Phi) is 6.39. The first-order valence-corrected chi connectivity index (χ1v) is 10.3. The largest absolute Gasteiger partial charge is 0.379 e. The number of rotatable bonds is 5. The van der Waals surface area contributed by atoms with Crippen LogP contribution in [0.1, 0.15) is 0 Å². The number of morpholine rings is 1. The van der Waals surface area contributed by atoms with Gasteiger partial charge in [-0.2, -0.15) is 0 Å². The maximum atomic E-state index is 12.6. The monoisotopic (exact) mass is 396 g/mol. The van der Waals surface area contributed by atoms with Crippen molar-refractivity contribution in [3.8, 4) is 0 Å². The van der Waals surface area contributed by atoms with E-state index >= 15 is 0 Å². The summed E-state index contributed by atoms with van der Waals surface area (Å²) in [4.78, 5) is 31.2. The summed E-state index contributed by atoms with van der Waals surface area (Å²) in [6.45, 7) is 6.63. The van der Waals surface area contributed by atoms with Crippen molar-refractivity contribution in [2.75, 3.05) is 70.9 Å². The highest BCUT2D eigenvalue weighted by Crippen LogP contribution is 2.22. The minimum absolute atomic E-state index is 0.0190. The Balaban J connectivity index is 1.25. The fraction of sp³-hybridized carbons (Fsp3) is 0.455. The highest BCUT2D eigenvalue weighted by Gasteiger charge is 2.24. The molecule has 2 aromatic carbocycles. The van der Waals surface area contributed by atoms with Crippen LogP contribution in [0.3, 0.4) is 0 Å². The van der Waals surface area contributed by atoms with Crippen molar-refractivity contribution >= 4 is 28.3 Å². The number of hydrogen-bond donors (Lipinski definition) is 1. The van der Waals surface area contributed by atoms with Gasteiger partial charge in [0, 0.05) is 50.3 Å². The molecule has 1 N–H and O–H groups in total. The van der Waals surface area contributed by atoms with Crippen LogP contribution in [-0.2, 0) is 14.3 Å². The van der Waals surface area contributed by atoms with Crippen molar-refractivity contribution < 1.29 is 14.3 Å². The minimum atomic E-state index is -0.0190. The van der Waals surface area contributed by atoms with Crippen molar-refractivity contribution in [3.05, 3.63) is 42.5 Å². The van der Waals surface area contributed by atoms with Gasteiger partial charge in [-0.05, 0) is 11.5 Å². The van der Waals surface area contributed by atoms with E-state index in [1.807, 2.05) is 47.4 Å². The van der Waals surface area contributed by atoms with Crippen molar-refractivity contribution in [3.63, 3.8) is 0 Å². The van der Waals surface area contributed by atoms with Gasteiger partial charge in [0.15, 0.2) is 0 Å². The minimum Gasteiger partial charge on any atom is -0.379 e. The van der Waals surface area contributed by atoms with Crippen LogP contribution < -0.4 is 5.32 Å². The molecule has 29 heavy (non-hydrogen) atoms. The smallest absolute Gasteiger partial charge is 0.238 e. The molecule has 2 heterocycles. The number of hydrogen-bond acceptors (Lipinski definition) is 5. The van der Waals surface area contributed by atoms with Gasteiger partial charge in [0.05, 0.1) is 26.3 Å². The fourth-order valence-electron chi connectivity index (χ4n) is 3.93. The average molecular weight is 396 g/mol. The first-order valence-electron chi connectivity index (χ1n) is 10.3. The predicted molar refractivity (Wildman–Crippen MR) is 113 cm³/mol. The van der Waals surface area contributed by atoms with E-state index < -0.39 is 0 Å². The van der Waals surface area contributed by atoms with Crippen molar-refractivity contribution in [2.45, 2.75) is 0 Å². The third kappa shape index (κ3) is 5.12. The molecule has 154 valence electrons. The molecule has 0 saturated carbocycles. The number of nitrogens with zero attached hydrogens (tertiary/aromatic N) is 3. The quantitative estimate of drug-likeness (QED) is 0.824. The SMILES string of the molecule is O=C(CN1CCN(C(=O)CN2CCOCC2)CC1)Nc1cccc2ccccc12. The van der Waals surface area contributed by atoms with E-state index in [0.29, 0.717) is 39.4 Å². The summed E-state index contributed by atoms with van der Waals surface area (Å²) in [6.07, 6.45) is 0. The molecular weight excluding hydrogens is 368 g/mol. The highest BCUT2D eigenvalue weighted by atomic mass is 16.5. The van der Waals surface area contributed by atoms with Gasteiger partial charge in [0.25, 0.3) is 0 Å². The first kappa shape index (κ1) is 19.8. The lowest BCUT2D eigenvalue weighted by Crippen LogP contribution is -2.53. The second-order valence-corrected chi connectivity index (χ2v) is 7.62. The third-order valence-electron chi connectivity index (χ3n) is 5.62. The number of carbonyl (C=O) groups is 2. The van der Waals surface area contributed by atoms with Crippen molar-refractivity contribution in [1.29, 1.82) is 0 Å². The standard InChI is InChI=1S/C22H28N4O3/c27-21(23-20-7-3-5-18-4-1-2-6-19(18)20)16-24-8-10-26(11-9-24)22(28)17-25-12-14-29-15-13-25/h1-7H,8-17H2,(H,23,27). The molecule has 0 aliphatic carbocycles. The molecule has 2 saturated heterocycles. The summed E-state index contributed by atoms with van der Waals surface area (Å²) in [6, 6.07) is 14.0. The van der Waals surface area contributed by atoms with Crippen LogP contribution in [-0.4, -0.2) is 92.1 Å². The molecule has 7 nitrogen and oxygen atoms in total. The number of nitrogens with one attached hydrogen (secondary N) is 1. The maximum absolute atomic E-state index is 12.6. The molecule has 0 bridgehead atoms. The Morgan fingerprint density at radius 1 is 0.828 bits per heavy atom. The summed E-state index contributed by atoms with van der Waals surface area (Å²) in [5.74, 6) is 0.154. The van der Waals surface area contributed by atoms with Crippen LogP contribution in [0.15, 0.2) is 42.5 Å². The number of piperazine rings is 1. The predicted octanol–water partition coefficient (Wildman–Crippen LogP) is 1.25. The van der Waals surface area contributed by atoms with Gasteiger partial charge in [0.1, 0.15) is 0 Å². The van der Waals surface area contributed by atoms with E-state index in [0.717, 1.165) is 42.6 Å². The molecule has 7 heteroatoms. The molecule has 2 fully saturated rings. The molecule has 0 spiro atoms. The molecule has 0 atom stereocenters. The highest BCUT2D eigenvalue weighted by molar-refractivity contribution is 6.02. The van der Waals surface area contributed by atoms with Crippen LogP contribution in [0.2, 0.25) is 0 Å². The van der Waals surface area contributed by atoms with E-state index in [2.05, 4.69) is 15.1 Å². The summed E-state index contributed by atoms with van der Waals surface area (Å²) >= 11 is 0. The summed E-state index contributed by atoms with van der Waals surface area (Å²) in [7, 11) is 0. The van der Waals surface area contributed by atoms with Gasteiger partial charge < -0.3 is 15.0 Å². The summed E-state index contributed by atoms with van der Waals surface area (Å²) in [5.41, 5.74) is 0.840. The van der Waals surface area contributed by atoms with Crippen molar-refractivity contribution in [1.82, 2.24) is 14.7 Å². The van der Waals surface area contributed by atoms with Gasteiger partial charge in [-0.15, -0.1) is 0 Å². The van der Waals surface area contributed by atoms with Gasteiger partial charge in [0.2, 0.25) is 11.8 Å². The van der Waals surface area contributed by atoms with E-state index in [1.165, 1.54) is 0 Å². The Hall–Kier alpha value is -2.48. The molecule has 2 amide bonds. The Morgan fingerprint density at radius 3 is 2.31 bits per heavy atom. The first-order chi connectivity index (χ1) is 14.2. The Morgan fingerprint density at radius 2 is 1.52 bits per heavy atom. The molecule has 2 aliphatic heterocycles. The Bertz CT molecular complexity index is 853. The van der Waals surface area contributed by atoms with Gasteiger partial charge in [-0.3, -0.25) is 19.4 Å².